The van der Waals surface area contributed by atoms with E-state index < -0.39 is 11.8 Å². The normalized spacial score (nSPS) is 15.6. The number of nitrogens with zero attached hydrogens (tertiary/aromatic N) is 3. The molecule has 1 aromatic heterocycles. The summed E-state index contributed by atoms with van der Waals surface area (Å²) in [6.45, 7) is 3.13. The second-order valence-corrected chi connectivity index (χ2v) is 7.99. The van der Waals surface area contributed by atoms with Crippen LogP contribution in [0.5, 0.6) is 0 Å². The van der Waals surface area contributed by atoms with Gasteiger partial charge >= 0.3 is 5.97 Å². The van der Waals surface area contributed by atoms with Gasteiger partial charge in [0.05, 0.1) is 23.8 Å². The minimum atomic E-state index is -0.440. The van der Waals surface area contributed by atoms with E-state index in [-0.39, 0.29) is 24.0 Å². The van der Waals surface area contributed by atoms with Crippen LogP contribution < -0.4 is 15.8 Å². The molecule has 1 fully saturated rings. The van der Waals surface area contributed by atoms with E-state index in [1.807, 2.05) is 4.90 Å². The molecular formula is C25H25FN4O4. The van der Waals surface area contributed by atoms with Crippen LogP contribution in [-0.4, -0.2) is 41.4 Å². The van der Waals surface area contributed by atoms with Gasteiger partial charge in [-0.1, -0.05) is 6.07 Å². The van der Waals surface area contributed by atoms with Gasteiger partial charge in [-0.25, -0.2) is 9.18 Å². The molecule has 0 aliphatic carbocycles. The van der Waals surface area contributed by atoms with Crippen molar-refractivity contribution in [2.75, 3.05) is 29.9 Å². The quantitative estimate of drug-likeness (QED) is 0.562. The molecule has 9 heteroatoms. The molecule has 0 unspecified atom stereocenters. The summed E-state index contributed by atoms with van der Waals surface area (Å²) >= 11 is 0. The number of carbonyl (C=O) groups excluding carboxylic acids is 2. The van der Waals surface area contributed by atoms with Crippen molar-refractivity contribution in [3.05, 3.63) is 82.4 Å². The van der Waals surface area contributed by atoms with Crippen molar-refractivity contribution in [1.82, 2.24) is 9.78 Å². The van der Waals surface area contributed by atoms with Gasteiger partial charge in [-0.2, -0.15) is 4.68 Å². The van der Waals surface area contributed by atoms with E-state index in [0.717, 1.165) is 6.42 Å². The Morgan fingerprint density at radius 3 is 2.71 bits per heavy atom. The van der Waals surface area contributed by atoms with Crippen molar-refractivity contribution in [2.24, 2.45) is 5.92 Å². The number of benzene rings is 2. The first kappa shape index (κ1) is 23.2. The second-order valence-electron chi connectivity index (χ2n) is 7.99. The fraction of sp³-hybridized carbons (Fsp3) is 0.280. The highest BCUT2D eigenvalue weighted by atomic mass is 19.1. The standard InChI is InChI=1S/C25H25FN4O4/c1-2-34-25(33)17-5-3-7-20(15-17)27-24(32)18-6-4-14-29(16-18)22-12-13-23(31)30(28-22)21-10-8-19(26)9-11-21/h3,5,7-13,15,18H,2,4,6,14,16H2,1H3,(H,27,32)/t18-/m1/s1. The molecule has 0 spiro atoms. The minimum Gasteiger partial charge on any atom is -0.462 e. The third-order valence-electron chi connectivity index (χ3n) is 5.61. The number of carbonyl (C=O) groups is 2. The Morgan fingerprint density at radius 2 is 1.94 bits per heavy atom. The van der Waals surface area contributed by atoms with Crippen molar-refractivity contribution in [2.45, 2.75) is 19.8 Å². The van der Waals surface area contributed by atoms with Crippen LogP contribution in [0.2, 0.25) is 0 Å². The van der Waals surface area contributed by atoms with Crippen molar-refractivity contribution >= 4 is 23.4 Å². The Hall–Kier alpha value is -4.01. The Balaban J connectivity index is 1.47. The van der Waals surface area contributed by atoms with Crippen LogP contribution in [0.3, 0.4) is 0 Å². The molecule has 0 radical (unpaired) electrons. The van der Waals surface area contributed by atoms with Crippen LogP contribution in [0, 0.1) is 11.7 Å². The van der Waals surface area contributed by atoms with E-state index >= 15 is 0 Å². The molecule has 1 amide bonds. The maximum absolute atomic E-state index is 13.3. The summed E-state index contributed by atoms with van der Waals surface area (Å²) in [5.74, 6) is -0.730. The van der Waals surface area contributed by atoms with Gasteiger partial charge in [0.25, 0.3) is 5.56 Å². The molecule has 0 bridgehead atoms. The zero-order chi connectivity index (χ0) is 24.1. The van der Waals surface area contributed by atoms with E-state index in [4.69, 9.17) is 4.74 Å². The first-order chi connectivity index (χ1) is 16.4. The fourth-order valence-corrected chi connectivity index (χ4v) is 3.92. The molecule has 0 saturated carbocycles. The third-order valence-corrected chi connectivity index (χ3v) is 5.61. The molecule has 176 valence electrons. The van der Waals surface area contributed by atoms with Gasteiger partial charge in [0.1, 0.15) is 11.6 Å². The van der Waals surface area contributed by atoms with Gasteiger partial charge in [0, 0.05) is 24.8 Å². The van der Waals surface area contributed by atoms with Crippen LogP contribution in [-0.2, 0) is 9.53 Å². The Labute approximate surface area is 196 Å². The number of nitrogens with one attached hydrogen (secondary N) is 1. The summed E-state index contributed by atoms with van der Waals surface area (Å²) in [6, 6.07) is 15.2. The number of halogens is 1. The SMILES string of the molecule is CCOC(=O)c1cccc(NC(=O)[C@@H]2CCCN(c3ccc(=O)n(-c4ccc(F)cc4)n3)C2)c1. The lowest BCUT2D eigenvalue weighted by atomic mass is 9.97. The van der Waals surface area contributed by atoms with Crippen molar-refractivity contribution in [1.29, 1.82) is 0 Å². The molecule has 1 aliphatic rings. The van der Waals surface area contributed by atoms with Crippen molar-refractivity contribution < 1.29 is 18.7 Å². The first-order valence-electron chi connectivity index (χ1n) is 11.1. The number of ether oxygens (including phenoxy) is 1. The summed E-state index contributed by atoms with van der Waals surface area (Å²) in [7, 11) is 0. The molecule has 2 aromatic carbocycles. The third kappa shape index (κ3) is 5.31. The number of rotatable bonds is 6. The average Bonchev–Trinajstić information content (AvgIpc) is 2.85. The van der Waals surface area contributed by atoms with Gasteiger partial charge in [-0.3, -0.25) is 9.59 Å². The summed E-state index contributed by atoms with van der Waals surface area (Å²) in [5.41, 5.74) is 1.03. The highest BCUT2D eigenvalue weighted by Gasteiger charge is 2.27. The number of piperidine rings is 1. The largest absolute Gasteiger partial charge is 0.462 e. The number of hydrogen-bond donors (Lipinski definition) is 1. The van der Waals surface area contributed by atoms with Crippen LogP contribution in [0.15, 0.2) is 65.5 Å². The predicted molar refractivity (Wildman–Crippen MR) is 126 cm³/mol. The molecule has 8 nitrogen and oxygen atoms in total. The average molecular weight is 464 g/mol. The number of esters is 1. The summed E-state index contributed by atoms with van der Waals surface area (Å²) < 4.78 is 19.5. The smallest absolute Gasteiger partial charge is 0.338 e. The van der Waals surface area contributed by atoms with Gasteiger partial charge in [0.2, 0.25) is 5.91 Å². The zero-order valence-corrected chi connectivity index (χ0v) is 18.7. The molecule has 1 atom stereocenters. The lowest BCUT2D eigenvalue weighted by Gasteiger charge is -2.33. The van der Waals surface area contributed by atoms with E-state index in [9.17, 15) is 18.8 Å². The molecule has 3 aromatic rings. The van der Waals surface area contributed by atoms with Crippen LogP contribution >= 0.6 is 0 Å². The molecule has 2 heterocycles. The number of hydrogen-bond acceptors (Lipinski definition) is 6. The van der Waals surface area contributed by atoms with Crippen molar-refractivity contribution in [3.63, 3.8) is 0 Å². The number of aromatic nitrogens is 2. The Bertz CT molecular complexity index is 1240. The van der Waals surface area contributed by atoms with E-state index in [2.05, 4.69) is 10.4 Å². The van der Waals surface area contributed by atoms with Crippen molar-refractivity contribution in [3.8, 4) is 5.69 Å². The van der Waals surface area contributed by atoms with Gasteiger partial charge in [0.15, 0.2) is 0 Å². The number of anilines is 2. The summed E-state index contributed by atoms with van der Waals surface area (Å²) in [4.78, 5) is 39.2. The predicted octanol–water partition coefficient (Wildman–Crippen LogP) is 3.40. The van der Waals surface area contributed by atoms with Gasteiger partial charge < -0.3 is 15.0 Å². The fourth-order valence-electron chi connectivity index (χ4n) is 3.92. The lowest BCUT2D eigenvalue weighted by Crippen LogP contribution is -2.41. The maximum atomic E-state index is 13.3. The molecule has 4 rings (SSSR count). The van der Waals surface area contributed by atoms with Crippen LogP contribution in [0.25, 0.3) is 5.69 Å². The molecule has 1 N–H and O–H groups in total. The Morgan fingerprint density at radius 1 is 1.15 bits per heavy atom. The van der Waals surface area contributed by atoms with E-state index in [1.165, 1.54) is 35.0 Å². The minimum absolute atomic E-state index is 0.155. The maximum Gasteiger partial charge on any atom is 0.338 e. The monoisotopic (exact) mass is 464 g/mol. The van der Waals surface area contributed by atoms with E-state index in [1.54, 1.807) is 37.3 Å². The highest BCUT2D eigenvalue weighted by Crippen LogP contribution is 2.23. The van der Waals surface area contributed by atoms with E-state index in [0.29, 0.717) is 42.3 Å². The van der Waals surface area contributed by atoms with Crippen LogP contribution in [0.1, 0.15) is 30.1 Å². The Kier molecular flexibility index (Phi) is 7.01. The summed E-state index contributed by atoms with van der Waals surface area (Å²) in [5, 5.41) is 7.33. The molecule has 1 aliphatic heterocycles. The highest BCUT2D eigenvalue weighted by molar-refractivity contribution is 5.95. The van der Waals surface area contributed by atoms with Crippen LogP contribution in [0.4, 0.5) is 15.9 Å². The summed E-state index contributed by atoms with van der Waals surface area (Å²) in [6.07, 6.45) is 1.48. The number of amides is 1. The molecule has 1 saturated heterocycles. The van der Waals surface area contributed by atoms with Gasteiger partial charge in [-0.15, -0.1) is 5.10 Å². The van der Waals surface area contributed by atoms with Gasteiger partial charge in [-0.05, 0) is 68.3 Å². The topological polar surface area (TPSA) is 93.5 Å². The lowest BCUT2D eigenvalue weighted by molar-refractivity contribution is -0.120. The molecular weight excluding hydrogens is 439 g/mol. The second kappa shape index (κ2) is 10.3. The first-order valence-corrected chi connectivity index (χ1v) is 11.1. The molecule has 34 heavy (non-hydrogen) atoms. The zero-order valence-electron chi connectivity index (χ0n) is 18.7.